The molecule has 0 fully saturated rings. The second-order valence-electron chi connectivity index (χ2n) is 7.10. The smallest absolute Gasteiger partial charge is 0.485 e. The lowest BCUT2D eigenvalue weighted by Gasteiger charge is -2.08. The van der Waals surface area contributed by atoms with Crippen molar-refractivity contribution in [3.8, 4) is 11.5 Å². The number of thiophene rings is 2. The van der Waals surface area contributed by atoms with Gasteiger partial charge in [-0.1, -0.05) is 23.1 Å². The number of methoxy groups -OCH3 is 2. The van der Waals surface area contributed by atoms with Crippen molar-refractivity contribution in [1.82, 2.24) is 0 Å². The summed E-state index contributed by atoms with van der Waals surface area (Å²) in [6.07, 6.45) is 0. The van der Waals surface area contributed by atoms with Gasteiger partial charge in [-0.05, 0) is 73.7 Å². The molecular formula is C24H21F3O5S5. The predicted octanol–water partition coefficient (Wildman–Crippen LogP) is 7.43. The van der Waals surface area contributed by atoms with Gasteiger partial charge in [0, 0.05) is 10.9 Å². The van der Waals surface area contributed by atoms with E-state index in [-0.39, 0.29) is 10.9 Å². The lowest BCUT2D eigenvalue weighted by atomic mass is 10.3. The Morgan fingerprint density at radius 3 is 1.59 bits per heavy atom. The number of alkyl halides is 3. The average molecular weight is 607 g/mol. The molecule has 4 rings (SSSR count). The first-order chi connectivity index (χ1) is 17.4. The number of aryl methyl sites for hydroxylation is 1. The van der Waals surface area contributed by atoms with Gasteiger partial charge in [-0.2, -0.15) is 13.2 Å². The van der Waals surface area contributed by atoms with Crippen molar-refractivity contribution in [2.45, 2.75) is 34.9 Å². The maximum Gasteiger partial charge on any atom is 0.485 e. The Kier molecular flexibility index (Phi) is 10.0. The molecular weight excluding hydrogens is 586 g/mol. The third-order valence-electron chi connectivity index (χ3n) is 4.55. The van der Waals surface area contributed by atoms with Crippen molar-refractivity contribution in [2.24, 2.45) is 0 Å². The van der Waals surface area contributed by atoms with Gasteiger partial charge < -0.3 is 14.0 Å². The van der Waals surface area contributed by atoms with Crippen LogP contribution in [0.4, 0.5) is 13.2 Å². The Morgan fingerprint density at radius 2 is 1.22 bits per heavy atom. The molecule has 2 heterocycles. The van der Waals surface area contributed by atoms with Gasteiger partial charge in [0.05, 0.1) is 22.6 Å². The van der Waals surface area contributed by atoms with Crippen LogP contribution in [0.3, 0.4) is 0 Å². The molecule has 0 radical (unpaired) electrons. The molecule has 0 N–H and O–H groups in total. The number of rotatable bonds is 7. The lowest BCUT2D eigenvalue weighted by Crippen LogP contribution is -2.21. The molecule has 0 saturated carbocycles. The van der Waals surface area contributed by atoms with Gasteiger partial charge in [-0.25, -0.2) is 8.42 Å². The van der Waals surface area contributed by atoms with E-state index in [1.54, 1.807) is 14.2 Å². The van der Waals surface area contributed by atoms with Gasteiger partial charge in [-0.3, -0.25) is 0 Å². The largest absolute Gasteiger partial charge is 0.741 e. The van der Waals surface area contributed by atoms with E-state index in [1.165, 1.54) is 27.3 Å². The van der Waals surface area contributed by atoms with Crippen molar-refractivity contribution in [2.75, 3.05) is 14.2 Å². The minimum atomic E-state index is -6.09. The zero-order chi connectivity index (χ0) is 27.2. The summed E-state index contributed by atoms with van der Waals surface area (Å²) < 4.78 is 73.6. The van der Waals surface area contributed by atoms with E-state index in [2.05, 4.69) is 55.5 Å². The van der Waals surface area contributed by atoms with Gasteiger partial charge in [0.1, 0.15) is 22.4 Å². The highest BCUT2D eigenvalue weighted by atomic mass is 32.2. The summed E-state index contributed by atoms with van der Waals surface area (Å²) in [5.41, 5.74) is -5.65. The molecule has 198 valence electrons. The molecule has 0 unspecified atom stereocenters. The maximum absolute atomic E-state index is 10.7. The van der Waals surface area contributed by atoms with Crippen LogP contribution in [-0.2, 0) is 21.0 Å². The Labute approximate surface area is 228 Å². The van der Waals surface area contributed by atoms with Crippen molar-refractivity contribution in [1.29, 1.82) is 0 Å². The van der Waals surface area contributed by atoms with Gasteiger partial charge in [-0.15, -0.1) is 11.3 Å². The Morgan fingerprint density at radius 1 is 0.784 bits per heavy atom. The van der Waals surface area contributed by atoms with Crippen molar-refractivity contribution in [3.63, 3.8) is 0 Å². The minimum absolute atomic E-state index is 0.170. The van der Waals surface area contributed by atoms with Crippen LogP contribution < -0.4 is 9.47 Å². The van der Waals surface area contributed by atoms with E-state index in [4.69, 9.17) is 22.4 Å². The molecule has 0 saturated heterocycles. The van der Waals surface area contributed by atoms with Crippen LogP contribution in [0.1, 0.15) is 4.88 Å². The third-order valence-corrected chi connectivity index (χ3v) is 11.0. The fourth-order valence-electron chi connectivity index (χ4n) is 2.83. The first kappa shape index (κ1) is 29.4. The van der Waals surface area contributed by atoms with E-state index < -0.39 is 15.6 Å². The number of benzene rings is 2. The zero-order valence-electron chi connectivity index (χ0n) is 19.6. The van der Waals surface area contributed by atoms with E-state index in [0.717, 1.165) is 11.5 Å². The lowest BCUT2D eigenvalue weighted by molar-refractivity contribution is -0.0517. The fraction of sp³-hybridized carbons (Fsp3) is 0.167. The Bertz CT molecular complexity index is 1350. The molecule has 0 aliphatic heterocycles. The predicted molar refractivity (Wildman–Crippen MR) is 141 cm³/mol. The average Bonchev–Trinajstić information content (AvgIpc) is 3.48. The molecule has 2 aromatic heterocycles. The summed E-state index contributed by atoms with van der Waals surface area (Å²) in [4.78, 5) is 3.91. The monoisotopic (exact) mass is 606 g/mol. The van der Waals surface area contributed by atoms with Gasteiger partial charge in [0.2, 0.25) is 4.21 Å². The highest BCUT2D eigenvalue weighted by Crippen LogP contribution is 2.42. The van der Waals surface area contributed by atoms with Crippen LogP contribution in [0.15, 0.2) is 95.2 Å². The molecule has 0 amide bonds. The molecule has 37 heavy (non-hydrogen) atoms. The molecule has 0 aliphatic rings. The van der Waals surface area contributed by atoms with Gasteiger partial charge >= 0.3 is 5.51 Å². The minimum Gasteiger partial charge on any atom is -0.741 e. The SMILES string of the molecule is COc1ccc([S+](c2ccc(OC)cc2)c2ccc(Sc3ccc(C)s3)s2)cc1.O=S(=O)([O-])C(F)(F)F. The molecule has 2 aromatic carbocycles. The highest BCUT2D eigenvalue weighted by Gasteiger charge is 2.37. The van der Waals surface area contributed by atoms with Crippen molar-refractivity contribution < 1.29 is 35.6 Å². The number of hydrogen-bond acceptors (Lipinski definition) is 8. The van der Waals surface area contributed by atoms with Crippen LogP contribution in [0, 0.1) is 6.92 Å². The maximum atomic E-state index is 10.7. The molecule has 0 atom stereocenters. The van der Waals surface area contributed by atoms with E-state index >= 15 is 0 Å². The fourth-order valence-corrected chi connectivity index (χ4v) is 9.15. The quantitative estimate of drug-likeness (QED) is 0.124. The molecule has 5 nitrogen and oxygen atoms in total. The zero-order valence-corrected chi connectivity index (χ0v) is 23.7. The van der Waals surface area contributed by atoms with Crippen LogP contribution in [0.5, 0.6) is 11.5 Å². The molecule has 0 spiro atoms. The van der Waals surface area contributed by atoms with Crippen LogP contribution >= 0.6 is 34.4 Å². The summed E-state index contributed by atoms with van der Waals surface area (Å²) >= 11 is 5.57. The summed E-state index contributed by atoms with van der Waals surface area (Å²) in [5.74, 6) is 1.75. The standard InChI is InChI=1S/C23H21O2S4.CHF3O3S/c1-16-4-13-21(26-16)27-22-14-15-23(28-22)29(19-9-5-17(24-2)6-10-19)20-11-7-18(25-3)8-12-20;2-1(3,4)8(5,6)7/h4-15H,1-3H3;(H,5,6,7)/q+1;/p-1. The van der Waals surface area contributed by atoms with Crippen molar-refractivity contribution >= 4 is 55.4 Å². The van der Waals surface area contributed by atoms with Crippen LogP contribution in [0.25, 0.3) is 0 Å². The normalized spacial score (nSPS) is 11.7. The molecule has 0 bridgehead atoms. The first-order valence-corrected chi connectivity index (χ1v) is 15.4. The molecule has 13 heteroatoms. The van der Waals surface area contributed by atoms with Crippen molar-refractivity contribution in [3.05, 3.63) is 77.7 Å². The molecule has 4 aromatic rings. The summed E-state index contributed by atoms with van der Waals surface area (Å²) in [5, 5.41) is 0. The highest BCUT2D eigenvalue weighted by molar-refractivity contribution is 8.03. The van der Waals surface area contributed by atoms with E-state index in [9.17, 15) is 13.2 Å². The first-order valence-electron chi connectivity index (χ1n) is 10.3. The third kappa shape index (κ3) is 8.16. The number of ether oxygens (including phenoxy) is 2. The Hall–Kier alpha value is -2.16. The second-order valence-corrected chi connectivity index (χ2v) is 14.7. The van der Waals surface area contributed by atoms with Crippen LogP contribution in [-0.4, -0.2) is 32.7 Å². The van der Waals surface area contributed by atoms with Gasteiger partial charge in [0.25, 0.3) is 0 Å². The molecule has 0 aliphatic carbocycles. The number of halogens is 3. The van der Waals surface area contributed by atoms with E-state index in [0.29, 0.717) is 0 Å². The summed E-state index contributed by atoms with van der Waals surface area (Å²) in [6.45, 7) is 2.15. The summed E-state index contributed by atoms with van der Waals surface area (Å²) in [6, 6.07) is 25.7. The van der Waals surface area contributed by atoms with Gasteiger partial charge in [0.15, 0.2) is 19.9 Å². The number of hydrogen-bond donors (Lipinski definition) is 0. The van der Waals surface area contributed by atoms with E-state index in [1.807, 2.05) is 58.7 Å². The van der Waals surface area contributed by atoms with Crippen LogP contribution in [0.2, 0.25) is 0 Å². The second kappa shape index (κ2) is 12.6. The topological polar surface area (TPSA) is 75.7 Å². The summed E-state index contributed by atoms with van der Waals surface area (Å²) in [7, 11) is -2.86. The Balaban J connectivity index is 0.000000414.